The van der Waals surface area contributed by atoms with Crippen LogP contribution in [0.3, 0.4) is 0 Å². The highest BCUT2D eigenvalue weighted by molar-refractivity contribution is 7.73. The smallest absolute Gasteiger partial charge is 0.158 e. The molecule has 5 heteroatoms. The fourth-order valence-electron chi connectivity index (χ4n) is 1.12. The third-order valence-corrected chi connectivity index (χ3v) is 3.36. The van der Waals surface area contributed by atoms with Crippen LogP contribution in [-0.2, 0) is 0 Å². The number of nitrogens with one attached hydrogen (secondary N) is 1. The van der Waals surface area contributed by atoms with Crippen molar-refractivity contribution in [2.45, 2.75) is 0 Å². The number of thiazole rings is 1. The molecule has 1 aromatic heterocycles. The minimum atomic E-state index is 0.662. The van der Waals surface area contributed by atoms with Crippen molar-refractivity contribution < 1.29 is 0 Å². The zero-order chi connectivity index (χ0) is 10.1. The fourth-order valence-corrected chi connectivity index (χ4v) is 2.34. The van der Waals surface area contributed by atoms with Crippen molar-refractivity contribution in [2.24, 2.45) is 0 Å². The van der Waals surface area contributed by atoms with E-state index in [1.54, 1.807) is 12.1 Å². The Morgan fingerprint density at radius 2 is 2.07 bits per heavy atom. The van der Waals surface area contributed by atoms with E-state index in [9.17, 15) is 0 Å². The van der Waals surface area contributed by atoms with Gasteiger partial charge in [0.2, 0.25) is 0 Å². The molecule has 0 saturated carbocycles. The van der Waals surface area contributed by atoms with Crippen LogP contribution < -0.4 is 0 Å². The Bertz CT molecular complexity index is 516. The van der Waals surface area contributed by atoms with E-state index < -0.39 is 0 Å². The molecule has 0 spiro atoms. The summed E-state index contributed by atoms with van der Waals surface area (Å²) in [6, 6.07) is 5.35. The largest absolute Gasteiger partial charge is 0.337 e. The Kier molecular flexibility index (Phi) is 2.93. The molecule has 0 atom stereocenters. The van der Waals surface area contributed by atoms with Crippen molar-refractivity contribution in [3.8, 4) is 11.3 Å². The maximum absolute atomic E-state index is 6.03. The molecule has 0 aliphatic carbocycles. The van der Waals surface area contributed by atoms with Gasteiger partial charge in [0.15, 0.2) is 3.95 Å². The van der Waals surface area contributed by atoms with E-state index in [2.05, 4.69) is 4.98 Å². The van der Waals surface area contributed by atoms with Crippen LogP contribution in [0.1, 0.15) is 0 Å². The van der Waals surface area contributed by atoms with Crippen molar-refractivity contribution >= 4 is 46.8 Å². The van der Waals surface area contributed by atoms with E-state index >= 15 is 0 Å². The first-order chi connectivity index (χ1) is 6.66. The van der Waals surface area contributed by atoms with Gasteiger partial charge in [0.25, 0.3) is 0 Å². The predicted molar refractivity (Wildman–Crippen MR) is 65.0 cm³/mol. The number of benzene rings is 1. The first-order valence-corrected chi connectivity index (χ1v) is 5.84. The van der Waals surface area contributed by atoms with Crippen molar-refractivity contribution in [1.82, 2.24) is 4.98 Å². The van der Waals surface area contributed by atoms with Gasteiger partial charge in [-0.2, -0.15) is 0 Å². The molecule has 0 amide bonds. The highest BCUT2D eigenvalue weighted by Crippen LogP contribution is 2.30. The summed E-state index contributed by atoms with van der Waals surface area (Å²) >= 11 is 18.4. The third-order valence-electron chi connectivity index (χ3n) is 1.74. The number of hydrogen-bond acceptors (Lipinski definition) is 2. The Labute approximate surface area is 100 Å². The average Bonchev–Trinajstić information content (AvgIpc) is 2.56. The number of aromatic amines is 1. The minimum Gasteiger partial charge on any atom is -0.337 e. The van der Waals surface area contributed by atoms with Gasteiger partial charge in [-0.15, -0.1) is 11.3 Å². The summed E-state index contributed by atoms with van der Waals surface area (Å²) in [6.45, 7) is 0. The van der Waals surface area contributed by atoms with E-state index in [1.807, 2.05) is 11.4 Å². The lowest BCUT2D eigenvalue weighted by atomic mass is 10.2. The zero-order valence-electron chi connectivity index (χ0n) is 6.88. The van der Waals surface area contributed by atoms with Crippen molar-refractivity contribution in [3.05, 3.63) is 37.6 Å². The number of H-pyrrole nitrogens is 1. The molecule has 0 fully saturated rings. The standard InChI is InChI=1S/C9H5Cl2NS2/c10-5-1-2-7(11)6(3-5)8-4-14-9(13)12-8/h1-4H,(H,12,13). The predicted octanol–water partition coefficient (Wildman–Crippen LogP) is 4.78. The molecule has 2 aromatic rings. The number of rotatable bonds is 1. The molecular formula is C9H5Cl2NS2. The second-order valence-corrected chi connectivity index (χ2v) is 5.08. The van der Waals surface area contributed by atoms with Crippen molar-refractivity contribution in [1.29, 1.82) is 0 Å². The van der Waals surface area contributed by atoms with Crippen LogP contribution in [0.4, 0.5) is 0 Å². The molecule has 0 unspecified atom stereocenters. The molecule has 1 aromatic carbocycles. The summed E-state index contributed by atoms with van der Waals surface area (Å²) in [5, 5.41) is 3.26. The lowest BCUT2D eigenvalue weighted by molar-refractivity contribution is 1.39. The van der Waals surface area contributed by atoms with Crippen LogP contribution in [0.2, 0.25) is 10.0 Å². The quantitative estimate of drug-likeness (QED) is 0.731. The molecule has 0 aliphatic rings. The highest BCUT2D eigenvalue weighted by atomic mass is 35.5. The third kappa shape index (κ3) is 2.01. The van der Waals surface area contributed by atoms with Gasteiger partial charge in [-0.1, -0.05) is 23.2 Å². The molecule has 2 rings (SSSR count). The van der Waals surface area contributed by atoms with Crippen LogP contribution in [0.25, 0.3) is 11.3 Å². The summed E-state index contributed by atoms with van der Waals surface area (Å²) in [5.41, 5.74) is 1.79. The first kappa shape index (κ1) is 10.2. The first-order valence-electron chi connectivity index (χ1n) is 3.80. The number of hydrogen-bond donors (Lipinski definition) is 1. The number of aromatic nitrogens is 1. The van der Waals surface area contributed by atoms with Gasteiger partial charge in [0.05, 0.1) is 10.7 Å². The second kappa shape index (κ2) is 4.03. The van der Waals surface area contributed by atoms with Crippen molar-refractivity contribution in [3.63, 3.8) is 0 Å². The van der Waals surface area contributed by atoms with E-state index in [1.165, 1.54) is 11.3 Å². The fraction of sp³-hybridized carbons (Fsp3) is 0. The zero-order valence-corrected chi connectivity index (χ0v) is 10.0. The summed E-state index contributed by atoms with van der Waals surface area (Å²) in [6.07, 6.45) is 0. The normalized spacial score (nSPS) is 10.4. The summed E-state index contributed by atoms with van der Waals surface area (Å²) in [4.78, 5) is 3.05. The molecule has 14 heavy (non-hydrogen) atoms. The van der Waals surface area contributed by atoms with Crippen LogP contribution in [0, 0.1) is 3.95 Å². The topological polar surface area (TPSA) is 15.8 Å². The lowest BCUT2D eigenvalue weighted by Crippen LogP contribution is -1.79. The Hall–Kier alpha value is -0.350. The van der Waals surface area contributed by atoms with Crippen LogP contribution in [0.5, 0.6) is 0 Å². The summed E-state index contributed by atoms with van der Waals surface area (Å²) < 4.78 is 0.732. The Morgan fingerprint density at radius 1 is 1.29 bits per heavy atom. The molecule has 72 valence electrons. The van der Waals surface area contributed by atoms with Gasteiger partial charge in [-0.3, -0.25) is 0 Å². The molecule has 0 radical (unpaired) electrons. The van der Waals surface area contributed by atoms with Gasteiger partial charge >= 0.3 is 0 Å². The Balaban J connectivity index is 2.61. The molecule has 0 aliphatic heterocycles. The maximum Gasteiger partial charge on any atom is 0.158 e. The van der Waals surface area contributed by atoms with Crippen LogP contribution >= 0.6 is 46.8 Å². The second-order valence-electron chi connectivity index (χ2n) is 2.69. The van der Waals surface area contributed by atoms with E-state index in [0.717, 1.165) is 15.2 Å². The van der Waals surface area contributed by atoms with Gasteiger partial charge in [-0.05, 0) is 30.4 Å². The van der Waals surface area contributed by atoms with Crippen LogP contribution in [0.15, 0.2) is 23.6 Å². The van der Waals surface area contributed by atoms with E-state index in [0.29, 0.717) is 10.0 Å². The number of halogens is 2. The SMILES string of the molecule is S=c1[nH]c(-c2cc(Cl)ccc2Cl)cs1. The molecule has 1 nitrogen and oxygen atoms in total. The summed E-state index contributed by atoms with van der Waals surface area (Å²) in [5.74, 6) is 0. The van der Waals surface area contributed by atoms with Gasteiger partial charge in [-0.25, -0.2) is 0 Å². The average molecular weight is 262 g/mol. The molecule has 1 heterocycles. The van der Waals surface area contributed by atoms with Gasteiger partial charge < -0.3 is 4.98 Å². The monoisotopic (exact) mass is 261 g/mol. The molecule has 1 N–H and O–H groups in total. The maximum atomic E-state index is 6.03. The molecule has 0 bridgehead atoms. The lowest BCUT2D eigenvalue weighted by Gasteiger charge is -2.01. The van der Waals surface area contributed by atoms with E-state index in [4.69, 9.17) is 35.4 Å². The van der Waals surface area contributed by atoms with Crippen molar-refractivity contribution in [2.75, 3.05) is 0 Å². The summed E-state index contributed by atoms with van der Waals surface area (Å²) in [7, 11) is 0. The van der Waals surface area contributed by atoms with Gasteiger partial charge in [0, 0.05) is 16.0 Å². The van der Waals surface area contributed by atoms with Gasteiger partial charge in [0.1, 0.15) is 0 Å². The molecule has 0 saturated heterocycles. The Morgan fingerprint density at radius 3 is 2.71 bits per heavy atom. The minimum absolute atomic E-state index is 0.662. The van der Waals surface area contributed by atoms with E-state index in [-0.39, 0.29) is 0 Å². The molecular weight excluding hydrogens is 257 g/mol. The highest BCUT2D eigenvalue weighted by Gasteiger charge is 2.05. The van der Waals surface area contributed by atoms with Crippen LogP contribution in [-0.4, -0.2) is 4.98 Å².